The van der Waals surface area contributed by atoms with E-state index in [9.17, 15) is 19.7 Å². The first kappa shape index (κ1) is 20.7. The number of non-ortho nitro benzene ring substituents is 1. The number of nitrogens with zero attached hydrogens (tertiary/aromatic N) is 1. The Hall–Kier alpha value is -3.59. The standard InChI is InChI=1S/C18H18ClN5O4/c1-10-3-4-13(19)8-16(10)21-17(25)5-11(2)22-23-18(26)12-6-14(20)9-15(7-12)24(27)28/h3-9,22H,20H2,1-2H3,(H,21,25)(H,23,26). The zero-order valence-corrected chi connectivity index (χ0v) is 15.8. The lowest BCUT2D eigenvalue weighted by Gasteiger charge is -2.10. The highest BCUT2D eigenvalue weighted by molar-refractivity contribution is 6.31. The molecule has 0 radical (unpaired) electrons. The minimum atomic E-state index is -0.645. The fraction of sp³-hybridized carbons (Fsp3) is 0.111. The van der Waals surface area contributed by atoms with Gasteiger partial charge in [-0.1, -0.05) is 17.7 Å². The van der Waals surface area contributed by atoms with Crippen LogP contribution < -0.4 is 21.9 Å². The Morgan fingerprint density at radius 2 is 1.89 bits per heavy atom. The molecule has 2 aromatic rings. The van der Waals surface area contributed by atoms with E-state index < -0.39 is 16.7 Å². The Morgan fingerprint density at radius 3 is 2.57 bits per heavy atom. The number of rotatable bonds is 6. The molecular formula is C18H18ClN5O4. The van der Waals surface area contributed by atoms with Crippen molar-refractivity contribution in [3.8, 4) is 0 Å². The quantitative estimate of drug-likeness (QED) is 0.253. The summed E-state index contributed by atoms with van der Waals surface area (Å²) in [6.07, 6.45) is 1.24. The molecule has 0 saturated heterocycles. The number of hydrazine groups is 1. The number of amides is 2. The maximum Gasteiger partial charge on any atom is 0.272 e. The summed E-state index contributed by atoms with van der Waals surface area (Å²) in [5.41, 5.74) is 12.0. The van der Waals surface area contributed by atoms with Crippen molar-refractivity contribution in [2.45, 2.75) is 13.8 Å². The minimum absolute atomic E-state index is 0.00556. The first-order valence-electron chi connectivity index (χ1n) is 8.02. The third kappa shape index (κ3) is 5.71. The van der Waals surface area contributed by atoms with Crippen molar-refractivity contribution in [1.82, 2.24) is 10.9 Å². The predicted molar refractivity (Wildman–Crippen MR) is 107 cm³/mol. The number of aryl methyl sites for hydroxylation is 1. The lowest BCUT2D eigenvalue weighted by molar-refractivity contribution is -0.384. The molecule has 0 spiro atoms. The topological polar surface area (TPSA) is 139 Å². The van der Waals surface area contributed by atoms with E-state index in [1.807, 2.05) is 6.92 Å². The molecule has 2 amide bonds. The summed E-state index contributed by atoms with van der Waals surface area (Å²) in [6.45, 7) is 3.39. The van der Waals surface area contributed by atoms with Crippen LogP contribution in [0.4, 0.5) is 17.1 Å². The van der Waals surface area contributed by atoms with Crippen LogP contribution in [0.15, 0.2) is 48.2 Å². The van der Waals surface area contributed by atoms with Gasteiger partial charge >= 0.3 is 0 Å². The van der Waals surface area contributed by atoms with Gasteiger partial charge in [0.15, 0.2) is 0 Å². The number of carbonyl (C=O) groups is 2. The molecule has 0 fully saturated rings. The minimum Gasteiger partial charge on any atom is -0.399 e. The van der Waals surface area contributed by atoms with Gasteiger partial charge in [0, 0.05) is 45.9 Å². The summed E-state index contributed by atoms with van der Waals surface area (Å²) in [5.74, 6) is -1.07. The molecule has 9 nitrogen and oxygen atoms in total. The first-order chi connectivity index (χ1) is 13.2. The fourth-order valence-electron chi connectivity index (χ4n) is 2.23. The molecule has 0 unspecified atom stereocenters. The van der Waals surface area contributed by atoms with E-state index in [4.69, 9.17) is 17.3 Å². The fourth-order valence-corrected chi connectivity index (χ4v) is 2.40. The average Bonchev–Trinajstić information content (AvgIpc) is 2.62. The number of nitrogens with one attached hydrogen (secondary N) is 3. The van der Waals surface area contributed by atoms with Gasteiger partial charge in [0.05, 0.1) is 4.92 Å². The molecule has 5 N–H and O–H groups in total. The number of hydrogen-bond donors (Lipinski definition) is 4. The summed E-state index contributed by atoms with van der Waals surface area (Å²) in [7, 11) is 0. The van der Waals surface area contributed by atoms with Gasteiger partial charge in [-0.05, 0) is 37.6 Å². The van der Waals surface area contributed by atoms with Crippen molar-refractivity contribution < 1.29 is 14.5 Å². The molecule has 2 rings (SSSR count). The van der Waals surface area contributed by atoms with Gasteiger partial charge in [-0.2, -0.15) is 0 Å². The highest BCUT2D eigenvalue weighted by Crippen LogP contribution is 2.20. The van der Waals surface area contributed by atoms with Crippen LogP contribution in [0.5, 0.6) is 0 Å². The average molecular weight is 404 g/mol. The summed E-state index contributed by atoms with van der Waals surface area (Å²) in [5, 5.41) is 14.0. The summed E-state index contributed by atoms with van der Waals surface area (Å²) < 4.78 is 0. The van der Waals surface area contributed by atoms with Crippen molar-refractivity contribution in [3.63, 3.8) is 0 Å². The van der Waals surface area contributed by atoms with E-state index >= 15 is 0 Å². The zero-order valence-electron chi connectivity index (χ0n) is 15.1. The maximum atomic E-state index is 12.1. The van der Waals surface area contributed by atoms with Gasteiger partial charge in [-0.15, -0.1) is 0 Å². The van der Waals surface area contributed by atoms with E-state index in [2.05, 4.69) is 16.2 Å². The molecule has 2 aromatic carbocycles. The number of nitro groups is 1. The normalized spacial score (nSPS) is 10.9. The highest BCUT2D eigenvalue weighted by Gasteiger charge is 2.13. The molecule has 146 valence electrons. The van der Waals surface area contributed by atoms with Crippen molar-refractivity contribution in [2.75, 3.05) is 11.1 Å². The number of carbonyl (C=O) groups excluding carboxylic acids is 2. The molecule has 0 heterocycles. The number of allylic oxidation sites excluding steroid dienone is 1. The Labute approximate surface area is 165 Å². The van der Waals surface area contributed by atoms with Crippen molar-refractivity contribution in [1.29, 1.82) is 0 Å². The molecule has 0 aliphatic carbocycles. The Morgan fingerprint density at radius 1 is 1.18 bits per heavy atom. The van der Waals surface area contributed by atoms with Crippen molar-refractivity contribution in [3.05, 3.63) is 74.4 Å². The second kappa shape index (κ2) is 8.87. The van der Waals surface area contributed by atoms with E-state index in [1.54, 1.807) is 25.1 Å². The van der Waals surface area contributed by atoms with E-state index in [0.29, 0.717) is 16.4 Å². The van der Waals surface area contributed by atoms with E-state index in [1.165, 1.54) is 12.1 Å². The third-order valence-electron chi connectivity index (χ3n) is 3.59. The molecule has 0 atom stereocenters. The number of halogens is 1. The molecule has 28 heavy (non-hydrogen) atoms. The number of nitrogen functional groups attached to an aromatic ring is 1. The second-order valence-electron chi connectivity index (χ2n) is 5.93. The highest BCUT2D eigenvalue weighted by atomic mass is 35.5. The van der Waals surface area contributed by atoms with E-state index in [-0.39, 0.29) is 16.9 Å². The van der Waals surface area contributed by atoms with E-state index in [0.717, 1.165) is 17.7 Å². The van der Waals surface area contributed by atoms with Gasteiger partial charge < -0.3 is 16.5 Å². The summed E-state index contributed by atoms with van der Waals surface area (Å²) >= 11 is 5.91. The third-order valence-corrected chi connectivity index (χ3v) is 3.83. The Kier molecular flexibility index (Phi) is 6.56. The van der Waals surface area contributed by atoms with Crippen LogP contribution >= 0.6 is 11.6 Å². The lowest BCUT2D eigenvalue weighted by Crippen LogP contribution is -2.36. The smallest absolute Gasteiger partial charge is 0.272 e. The van der Waals surface area contributed by atoms with Gasteiger partial charge in [-0.25, -0.2) is 0 Å². The monoisotopic (exact) mass is 403 g/mol. The molecule has 0 aromatic heterocycles. The molecule has 0 saturated carbocycles. The van der Waals surface area contributed by atoms with Crippen molar-refractivity contribution >= 4 is 40.5 Å². The van der Waals surface area contributed by atoms with Gasteiger partial charge in [0.25, 0.3) is 11.6 Å². The molecule has 0 aliphatic heterocycles. The summed E-state index contributed by atoms with van der Waals surface area (Å²) in [6, 6.07) is 8.67. The largest absolute Gasteiger partial charge is 0.399 e. The molecular weight excluding hydrogens is 386 g/mol. The number of benzene rings is 2. The predicted octanol–water partition coefficient (Wildman–Crippen LogP) is 2.92. The number of hydrogen-bond acceptors (Lipinski definition) is 6. The van der Waals surface area contributed by atoms with Crippen LogP contribution in [0.3, 0.4) is 0 Å². The van der Waals surface area contributed by atoms with Gasteiger partial charge in [0.2, 0.25) is 5.91 Å². The Balaban J connectivity index is 2.00. The molecule has 0 aliphatic rings. The second-order valence-corrected chi connectivity index (χ2v) is 6.36. The lowest BCUT2D eigenvalue weighted by atomic mass is 10.1. The van der Waals surface area contributed by atoms with Gasteiger partial charge in [0.1, 0.15) is 0 Å². The number of anilines is 2. The molecule has 0 bridgehead atoms. The zero-order chi connectivity index (χ0) is 20.8. The van der Waals surface area contributed by atoms with Crippen LogP contribution in [0, 0.1) is 17.0 Å². The van der Waals surface area contributed by atoms with Crippen molar-refractivity contribution in [2.24, 2.45) is 0 Å². The van der Waals surface area contributed by atoms with Crippen LogP contribution in [0.1, 0.15) is 22.8 Å². The van der Waals surface area contributed by atoms with Crippen LogP contribution in [-0.2, 0) is 4.79 Å². The number of nitrogens with two attached hydrogens (primary N) is 1. The summed E-state index contributed by atoms with van der Waals surface area (Å²) in [4.78, 5) is 34.4. The van der Waals surface area contributed by atoms with Gasteiger partial charge in [-0.3, -0.25) is 25.1 Å². The SMILES string of the molecule is CC(=CC(=O)Nc1cc(Cl)ccc1C)NNC(=O)c1cc(N)cc([N+](=O)[O-])c1. The van der Waals surface area contributed by atoms with Crippen LogP contribution in [0.25, 0.3) is 0 Å². The Bertz CT molecular complexity index is 974. The molecule has 10 heteroatoms. The van der Waals surface area contributed by atoms with Crippen LogP contribution in [-0.4, -0.2) is 16.7 Å². The first-order valence-corrected chi connectivity index (χ1v) is 8.40. The number of nitro benzene ring substituents is 1. The van der Waals surface area contributed by atoms with Crippen LogP contribution in [0.2, 0.25) is 5.02 Å². The maximum absolute atomic E-state index is 12.1.